The Hall–Kier alpha value is -2.30. The highest BCUT2D eigenvalue weighted by Crippen LogP contribution is 2.32. The zero-order chi connectivity index (χ0) is 14.5. The molecular weight excluding hydrogens is 254 g/mol. The fourth-order valence-corrected chi connectivity index (χ4v) is 2.23. The molecule has 0 fully saturated rings. The quantitative estimate of drug-likeness (QED) is 0.851. The SMILES string of the molecule is CCN(CC)c1c(-c2ccccc2)n[nH]c1C(=O)OC. The molecule has 0 unspecified atom stereocenters. The number of H-pyrrole nitrogens is 1. The summed E-state index contributed by atoms with van der Waals surface area (Å²) in [4.78, 5) is 14.0. The molecule has 1 aromatic heterocycles. The first-order chi connectivity index (χ1) is 9.72. The van der Waals surface area contributed by atoms with Gasteiger partial charge in [0.25, 0.3) is 0 Å². The number of nitrogens with one attached hydrogen (secondary N) is 1. The van der Waals surface area contributed by atoms with Crippen molar-refractivity contribution in [1.82, 2.24) is 10.2 Å². The summed E-state index contributed by atoms with van der Waals surface area (Å²) in [6.07, 6.45) is 0. The van der Waals surface area contributed by atoms with Crippen molar-refractivity contribution in [3.63, 3.8) is 0 Å². The Bertz CT molecular complexity index is 574. The molecule has 0 bridgehead atoms. The molecule has 106 valence electrons. The number of rotatable bonds is 5. The van der Waals surface area contributed by atoms with E-state index in [1.54, 1.807) is 0 Å². The van der Waals surface area contributed by atoms with Gasteiger partial charge in [0.15, 0.2) is 5.69 Å². The van der Waals surface area contributed by atoms with E-state index in [0.717, 1.165) is 30.0 Å². The lowest BCUT2D eigenvalue weighted by Gasteiger charge is -2.21. The van der Waals surface area contributed by atoms with Crippen LogP contribution in [0.1, 0.15) is 24.3 Å². The van der Waals surface area contributed by atoms with Crippen molar-refractivity contribution in [2.24, 2.45) is 0 Å². The second-order valence-electron chi connectivity index (χ2n) is 4.33. The van der Waals surface area contributed by atoms with Crippen LogP contribution in [0.3, 0.4) is 0 Å². The highest BCUT2D eigenvalue weighted by Gasteiger charge is 2.24. The third kappa shape index (κ3) is 2.52. The van der Waals surface area contributed by atoms with Crippen LogP contribution in [0.25, 0.3) is 11.3 Å². The van der Waals surface area contributed by atoms with Gasteiger partial charge in [0.1, 0.15) is 5.69 Å². The molecule has 1 N–H and O–H groups in total. The molecule has 0 radical (unpaired) electrons. The fourth-order valence-electron chi connectivity index (χ4n) is 2.23. The van der Waals surface area contributed by atoms with Gasteiger partial charge in [-0.3, -0.25) is 5.10 Å². The Kier molecular flexibility index (Phi) is 4.40. The summed E-state index contributed by atoms with van der Waals surface area (Å²) < 4.78 is 4.83. The second-order valence-corrected chi connectivity index (χ2v) is 4.33. The number of hydrogen-bond acceptors (Lipinski definition) is 4. The van der Waals surface area contributed by atoms with Crippen LogP contribution in [-0.4, -0.2) is 36.4 Å². The van der Waals surface area contributed by atoms with E-state index in [9.17, 15) is 4.79 Å². The monoisotopic (exact) mass is 273 g/mol. The van der Waals surface area contributed by atoms with Gasteiger partial charge in [-0.05, 0) is 13.8 Å². The predicted molar refractivity (Wildman–Crippen MR) is 78.9 cm³/mol. The molecule has 0 spiro atoms. The van der Waals surface area contributed by atoms with Crippen LogP contribution >= 0.6 is 0 Å². The lowest BCUT2D eigenvalue weighted by Crippen LogP contribution is -2.24. The maximum absolute atomic E-state index is 11.9. The predicted octanol–water partition coefficient (Wildman–Crippen LogP) is 2.71. The highest BCUT2D eigenvalue weighted by atomic mass is 16.5. The van der Waals surface area contributed by atoms with Crippen molar-refractivity contribution in [2.45, 2.75) is 13.8 Å². The van der Waals surface area contributed by atoms with Gasteiger partial charge in [-0.2, -0.15) is 5.10 Å². The number of aromatic amines is 1. The average Bonchev–Trinajstić information content (AvgIpc) is 2.93. The Morgan fingerprint density at radius 3 is 2.45 bits per heavy atom. The molecule has 2 rings (SSSR count). The minimum atomic E-state index is -0.401. The van der Waals surface area contributed by atoms with E-state index < -0.39 is 5.97 Å². The molecule has 0 amide bonds. The summed E-state index contributed by atoms with van der Waals surface area (Å²) in [7, 11) is 1.37. The van der Waals surface area contributed by atoms with Crippen LogP contribution in [0.4, 0.5) is 5.69 Å². The van der Waals surface area contributed by atoms with E-state index in [-0.39, 0.29) is 0 Å². The molecule has 0 saturated heterocycles. The first-order valence-corrected chi connectivity index (χ1v) is 6.69. The number of carbonyl (C=O) groups is 1. The van der Waals surface area contributed by atoms with Gasteiger partial charge in [0.05, 0.1) is 12.8 Å². The lowest BCUT2D eigenvalue weighted by molar-refractivity contribution is 0.0594. The molecule has 1 aromatic carbocycles. The molecule has 0 aliphatic rings. The van der Waals surface area contributed by atoms with E-state index >= 15 is 0 Å². The molecule has 5 heteroatoms. The van der Waals surface area contributed by atoms with Gasteiger partial charge in [-0.15, -0.1) is 0 Å². The normalized spacial score (nSPS) is 10.3. The molecule has 20 heavy (non-hydrogen) atoms. The summed E-state index contributed by atoms with van der Waals surface area (Å²) in [5, 5.41) is 7.11. The van der Waals surface area contributed by atoms with E-state index in [4.69, 9.17) is 4.74 Å². The average molecular weight is 273 g/mol. The topological polar surface area (TPSA) is 58.2 Å². The first kappa shape index (κ1) is 14.1. The molecule has 5 nitrogen and oxygen atoms in total. The van der Waals surface area contributed by atoms with E-state index in [1.165, 1.54) is 7.11 Å². The molecular formula is C15H19N3O2. The fraction of sp³-hybridized carbons (Fsp3) is 0.333. The van der Waals surface area contributed by atoms with Gasteiger partial charge in [0, 0.05) is 18.7 Å². The van der Waals surface area contributed by atoms with Crippen molar-refractivity contribution in [1.29, 1.82) is 0 Å². The van der Waals surface area contributed by atoms with Crippen molar-refractivity contribution in [3.8, 4) is 11.3 Å². The smallest absolute Gasteiger partial charge is 0.358 e. The first-order valence-electron chi connectivity index (χ1n) is 6.69. The third-order valence-corrected chi connectivity index (χ3v) is 3.26. The van der Waals surface area contributed by atoms with Crippen LogP contribution in [0.5, 0.6) is 0 Å². The van der Waals surface area contributed by atoms with Crippen molar-refractivity contribution < 1.29 is 9.53 Å². The van der Waals surface area contributed by atoms with Gasteiger partial charge in [0.2, 0.25) is 0 Å². The van der Waals surface area contributed by atoms with Crippen LogP contribution in [0, 0.1) is 0 Å². The number of ether oxygens (including phenoxy) is 1. The number of esters is 1. The van der Waals surface area contributed by atoms with E-state index in [2.05, 4.69) is 15.1 Å². The van der Waals surface area contributed by atoms with Gasteiger partial charge >= 0.3 is 5.97 Å². The summed E-state index contributed by atoms with van der Waals surface area (Å²) in [5.41, 5.74) is 2.94. The summed E-state index contributed by atoms with van der Waals surface area (Å²) in [5.74, 6) is -0.401. The Balaban J connectivity index is 2.58. The molecule has 2 aromatic rings. The molecule has 0 atom stereocenters. The molecule has 0 saturated carbocycles. The lowest BCUT2D eigenvalue weighted by atomic mass is 10.1. The Morgan fingerprint density at radius 1 is 1.25 bits per heavy atom. The zero-order valence-electron chi connectivity index (χ0n) is 12.0. The number of carbonyl (C=O) groups excluding carboxylic acids is 1. The summed E-state index contributed by atoms with van der Waals surface area (Å²) in [6.45, 7) is 5.68. The van der Waals surface area contributed by atoms with Crippen LogP contribution < -0.4 is 4.90 Å². The van der Waals surface area contributed by atoms with Crippen LogP contribution in [-0.2, 0) is 4.74 Å². The van der Waals surface area contributed by atoms with Crippen LogP contribution in [0.2, 0.25) is 0 Å². The molecule has 0 aliphatic heterocycles. The Morgan fingerprint density at radius 2 is 1.90 bits per heavy atom. The van der Waals surface area contributed by atoms with E-state index in [1.807, 2.05) is 44.2 Å². The molecule has 1 heterocycles. The number of hydrogen-bond donors (Lipinski definition) is 1. The van der Waals surface area contributed by atoms with Gasteiger partial charge in [-0.1, -0.05) is 30.3 Å². The zero-order valence-corrected chi connectivity index (χ0v) is 12.0. The number of methoxy groups -OCH3 is 1. The van der Waals surface area contributed by atoms with Crippen molar-refractivity contribution >= 4 is 11.7 Å². The summed E-state index contributed by atoms with van der Waals surface area (Å²) in [6, 6.07) is 9.81. The second kappa shape index (κ2) is 6.23. The largest absolute Gasteiger partial charge is 0.464 e. The van der Waals surface area contributed by atoms with Gasteiger partial charge in [-0.25, -0.2) is 4.79 Å². The van der Waals surface area contributed by atoms with Crippen molar-refractivity contribution in [2.75, 3.05) is 25.1 Å². The van der Waals surface area contributed by atoms with Crippen molar-refractivity contribution in [3.05, 3.63) is 36.0 Å². The maximum atomic E-state index is 11.9. The number of aromatic nitrogens is 2. The third-order valence-electron chi connectivity index (χ3n) is 3.26. The minimum absolute atomic E-state index is 0.398. The van der Waals surface area contributed by atoms with Crippen LogP contribution in [0.15, 0.2) is 30.3 Å². The number of nitrogens with zero attached hydrogens (tertiary/aromatic N) is 2. The van der Waals surface area contributed by atoms with Gasteiger partial charge < -0.3 is 9.64 Å². The maximum Gasteiger partial charge on any atom is 0.358 e. The minimum Gasteiger partial charge on any atom is -0.464 e. The highest BCUT2D eigenvalue weighted by molar-refractivity contribution is 5.98. The number of benzene rings is 1. The summed E-state index contributed by atoms with van der Waals surface area (Å²) >= 11 is 0. The van der Waals surface area contributed by atoms with E-state index in [0.29, 0.717) is 5.69 Å². The molecule has 0 aliphatic carbocycles. The number of anilines is 1. The Labute approximate surface area is 118 Å². The standard InChI is InChI=1S/C15H19N3O2/c1-4-18(5-2)14-12(11-9-7-6-8-10-11)16-17-13(14)15(19)20-3/h6-10H,4-5H2,1-3H3,(H,16,17).